The summed E-state index contributed by atoms with van der Waals surface area (Å²) in [6, 6.07) is 12.0. The normalized spacial score (nSPS) is 15.0. The maximum absolute atomic E-state index is 12.3. The summed E-state index contributed by atoms with van der Waals surface area (Å²) in [5.74, 6) is 1.19. The fraction of sp³-hybridized carbons (Fsp3) is 0.250. The van der Waals surface area contributed by atoms with Gasteiger partial charge in [-0.1, -0.05) is 32.0 Å². The monoisotopic (exact) mass is 307 g/mol. The summed E-state index contributed by atoms with van der Waals surface area (Å²) in [7, 11) is 1.68. The van der Waals surface area contributed by atoms with Crippen LogP contribution < -0.4 is 10.1 Å². The fourth-order valence-corrected chi connectivity index (χ4v) is 3.03. The largest absolute Gasteiger partial charge is 0.496 e. The zero-order valence-electron chi connectivity index (χ0n) is 13.9. The second-order valence-electron chi connectivity index (χ2n) is 6.17. The molecule has 0 aliphatic carbocycles. The summed E-state index contributed by atoms with van der Waals surface area (Å²) < 4.78 is 5.43. The van der Waals surface area contributed by atoms with E-state index in [0.717, 1.165) is 39.3 Å². The van der Waals surface area contributed by atoms with Crippen LogP contribution in [0.25, 0.3) is 11.6 Å². The van der Waals surface area contributed by atoms with Crippen molar-refractivity contribution in [1.29, 1.82) is 0 Å². The number of hydrogen-bond acceptors (Lipinski definition) is 2. The molecular formula is C20H21NO2. The maximum atomic E-state index is 12.3. The number of hydrogen-bond donors (Lipinski definition) is 1. The lowest BCUT2D eigenvalue weighted by Gasteiger charge is -2.12. The number of rotatable bonds is 3. The first-order valence-electron chi connectivity index (χ1n) is 7.82. The second-order valence-corrected chi connectivity index (χ2v) is 6.17. The molecule has 0 bridgehead atoms. The lowest BCUT2D eigenvalue weighted by molar-refractivity contribution is -0.110. The smallest absolute Gasteiger partial charge is 0.256 e. The van der Waals surface area contributed by atoms with Crippen molar-refractivity contribution in [3.8, 4) is 5.75 Å². The van der Waals surface area contributed by atoms with Crippen molar-refractivity contribution < 1.29 is 9.53 Å². The van der Waals surface area contributed by atoms with Gasteiger partial charge in [0.1, 0.15) is 5.75 Å². The molecule has 0 fully saturated rings. The Kier molecular flexibility index (Phi) is 3.95. The van der Waals surface area contributed by atoms with Crippen molar-refractivity contribution in [3.63, 3.8) is 0 Å². The topological polar surface area (TPSA) is 38.3 Å². The van der Waals surface area contributed by atoms with Gasteiger partial charge < -0.3 is 10.1 Å². The molecule has 0 saturated carbocycles. The Labute approximate surface area is 137 Å². The van der Waals surface area contributed by atoms with Gasteiger partial charge in [-0.3, -0.25) is 4.79 Å². The van der Waals surface area contributed by atoms with Crippen LogP contribution in [0.5, 0.6) is 5.75 Å². The molecule has 0 unspecified atom stereocenters. The Balaban J connectivity index is 2.10. The highest BCUT2D eigenvalue weighted by Crippen LogP contribution is 2.36. The summed E-state index contributed by atoms with van der Waals surface area (Å²) in [6.07, 6.45) is 1.96. The molecule has 118 valence electrons. The quantitative estimate of drug-likeness (QED) is 0.840. The minimum atomic E-state index is -0.0452. The molecule has 23 heavy (non-hydrogen) atoms. The SMILES string of the molecule is COc1ccc(/C=C2\C(=O)Nc3cccc(C)c32)cc1C(C)C. The first-order chi connectivity index (χ1) is 11.0. The van der Waals surface area contributed by atoms with E-state index in [4.69, 9.17) is 4.74 Å². The van der Waals surface area contributed by atoms with Gasteiger partial charge in [-0.15, -0.1) is 0 Å². The van der Waals surface area contributed by atoms with Crippen LogP contribution >= 0.6 is 0 Å². The summed E-state index contributed by atoms with van der Waals surface area (Å²) >= 11 is 0. The number of ether oxygens (including phenoxy) is 1. The highest BCUT2D eigenvalue weighted by molar-refractivity contribution is 6.35. The number of carbonyl (C=O) groups is 1. The van der Waals surface area contributed by atoms with E-state index < -0.39 is 0 Å². The van der Waals surface area contributed by atoms with Gasteiger partial charge in [0, 0.05) is 16.8 Å². The van der Waals surface area contributed by atoms with Crippen molar-refractivity contribution >= 4 is 23.2 Å². The molecule has 2 aromatic carbocycles. The van der Waals surface area contributed by atoms with Gasteiger partial charge in [-0.05, 0) is 53.8 Å². The van der Waals surface area contributed by atoms with Crippen molar-refractivity contribution in [2.75, 3.05) is 12.4 Å². The Morgan fingerprint density at radius 1 is 1.17 bits per heavy atom. The first kappa shape index (κ1) is 15.3. The molecule has 1 heterocycles. The van der Waals surface area contributed by atoms with Crippen molar-refractivity contribution in [3.05, 3.63) is 58.7 Å². The molecule has 3 rings (SSSR count). The summed E-state index contributed by atoms with van der Waals surface area (Å²) in [5, 5.41) is 2.94. The molecule has 1 N–H and O–H groups in total. The van der Waals surface area contributed by atoms with Crippen LogP contribution in [0.2, 0.25) is 0 Å². The van der Waals surface area contributed by atoms with Crippen LogP contribution in [0.3, 0.4) is 0 Å². The molecule has 0 aromatic heterocycles. The third-order valence-corrected chi connectivity index (χ3v) is 4.22. The standard InChI is InChI=1S/C20H21NO2/c1-12(2)15-10-14(8-9-18(15)23-4)11-16-19-13(3)6-5-7-17(19)21-20(16)22/h5-12H,1-4H3,(H,21,22)/b16-11-. The minimum absolute atomic E-state index is 0.0452. The van der Waals surface area contributed by atoms with Crippen molar-refractivity contribution in [2.24, 2.45) is 0 Å². The molecule has 1 amide bonds. The number of aryl methyl sites for hydroxylation is 1. The van der Waals surface area contributed by atoms with Gasteiger partial charge in [-0.2, -0.15) is 0 Å². The van der Waals surface area contributed by atoms with Gasteiger partial charge in [0.25, 0.3) is 5.91 Å². The van der Waals surface area contributed by atoms with E-state index in [1.165, 1.54) is 0 Å². The van der Waals surface area contributed by atoms with E-state index in [1.54, 1.807) is 7.11 Å². The highest BCUT2D eigenvalue weighted by atomic mass is 16.5. The first-order valence-corrected chi connectivity index (χ1v) is 7.82. The predicted molar refractivity (Wildman–Crippen MR) is 94.8 cm³/mol. The summed E-state index contributed by atoms with van der Waals surface area (Å²) in [5.41, 5.74) is 5.86. The number of nitrogens with one attached hydrogen (secondary N) is 1. The third-order valence-electron chi connectivity index (χ3n) is 4.22. The van der Waals surface area contributed by atoms with E-state index in [2.05, 4.69) is 25.2 Å². The van der Waals surface area contributed by atoms with Gasteiger partial charge >= 0.3 is 0 Å². The van der Waals surface area contributed by atoms with Crippen molar-refractivity contribution in [1.82, 2.24) is 0 Å². The second kappa shape index (κ2) is 5.92. The van der Waals surface area contributed by atoms with Crippen LogP contribution in [0.1, 0.15) is 42.0 Å². The number of anilines is 1. The Morgan fingerprint density at radius 3 is 2.65 bits per heavy atom. The molecule has 1 aliphatic heterocycles. The number of benzene rings is 2. The Hall–Kier alpha value is -2.55. The highest BCUT2D eigenvalue weighted by Gasteiger charge is 2.25. The van der Waals surface area contributed by atoms with Gasteiger partial charge in [0.2, 0.25) is 0 Å². The third kappa shape index (κ3) is 2.74. The van der Waals surface area contributed by atoms with Crippen LogP contribution in [0.15, 0.2) is 36.4 Å². The van der Waals surface area contributed by atoms with Gasteiger partial charge in [0.15, 0.2) is 0 Å². The lowest BCUT2D eigenvalue weighted by Crippen LogP contribution is -2.03. The average Bonchev–Trinajstić information content (AvgIpc) is 2.84. The fourth-order valence-electron chi connectivity index (χ4n) is 3.03. The van der Waals surface area contributed by atoms with Crippen LogP contribution in [-0.4, -0.2) is 13.0 Å². The minimum Gasteiger partial charge on any atom is -0.496 e. The zero-order chi connectivity index (χ0) is 16.6. The molecule has 3 heteroatoms. The number of fused-ring (bicyclic) bond motifs is 1. The Bertz CT molecular complexity index is 803. The number of carbonyl (C=O) groups excluding carboxylic acids is 1. The maximum Gasteiger partial charge on any atom is 0.256 e. The molecular weight excluding hydrogens is 286 g/mol. The predicted octanol–water partition coefficient (Wildman–Crippen LogP) is 4.62. The molecule has 3 nitrogen and oxygen atoms in total. The Morgan fingerprint density at radius 2 is 1.96 bits per heavy atom. The summed E-state index contributed by atoms with van der Waals surface area (Å²) in [4.78, 5) is 12.3. The molecule has 0 saturated heterocycles. The van der Waals surface area contributed by atoms with Crippen molar-refractivity contribution in [2.45, 2.75) is 26.7 Å². The van der Waals surface area contributed by atoms with Gasteiger partial charge in [0.05, 0.1) is 7.11 Å². The van der Waals surface area contributed by atoms with E-state index in [-0.39, 0.29) is 5.91 Å². The average molecular weight is 307 g/mol. The number of amides is 1. The molecule has 0 atom stereocenters. The zero-order valence-corrected chi connectivity index (χ0v) is 13.9. The molecule has 0 radical (unpaired) electrons. The van der Waals surface area contributed by atoms with Gasteiger partial charge in [-0.25, -0.2) is 0 Å². The number of methoxy groups -OCH3 is 1. The summed E-state index contributed by atoms with van der Waals surface area (Å²) in [6.45, 7) is 6.30. The lowest BCUT2D eigenvalue weighted by atomic mass is 9.96. The van der Waals surface area contributed by atoms with E-state index in [1.807, 2.05) is 43.3 Å². The molecule has 1 aliphatic rings. The van der Waals surface area contributed by atoms with Crippen LogP contribution in [0.4, 0.5) is 5.69 Å². The van der Waals surface area contributed by atoms with E-state index in [0.29, 0.717) is 5.92 Å². The van der Waals surface area contributed by atoms with Crippen LogP contribution in [-0.2, 0) is 4.79 Å². The molecule has 0 spiro atoms. The van der Waals surface area contributed by atoms with Crippen LogP contribution in [0, 0.1) is 6.92 Å². The van der Waals surface area contributed by atoms with E-state index >= 15 is 0 Å². The molecule has 2 aromatic rings. The van der Waals surface area contributed by atoms with E-state index in [9.17, 15) is 4.79 Å².